The third-order valence-electron chi connectivity index (χ3n) is 3.37. The molecule has 1 aromatic heterocycles. The predicted octanol–water partition coefficient (Wildman–Crippen LogP) is 1.49. The van der Waals surface area contributed by atoms with E-state index in [2.05, 4.69) is 20.6 Å². The van der Waals surface area contributed by atoms with Crippen LogP contribution in [0.3, 0.4) is 0 Å². The molecule has 2 N–H and O–H groups in total. The van der Waals surface area contributed by atoms with Crippen molar-refractivity contribution < 1.29 is 14.3 Å². The largest absolute Gasteiger partial charge is 0.494 e. The normalized spacial score (nSPS) is 10.1. The summed E-state index contributed by atoms with van der Waals surface area (Å²) in [5.74, 6) is 0.424. The SMILES string of the molecule is Cc1ccc(OCCCC(=O)NCCNC(=O)c2cnccn2)cc1. The van der Waals surface area contributed by atoms with E-state index in [4.69, 9.17) is 4.74 Å². The first kappa shape index (κ1) is 18.4. The smallest absolute Gasteiger partial charge is 0.271 e. The number of aromatic nitrogens is 2. The predicted molar refractivity (Wildman–Crippen MR) is 93.3 cm³/mol. The summed E-state index contributed by atoms with van der Waals surface area (Å²) in [5, 5.41) is 5.42. The Labute approximate surface area is 146 Å². The van der Waals surface area contributed by atoms with E-state index in [0.29, 0.717) is 32.5 Å². The van der Waals surface area contributed by atoms with Crippen molar-refractivity contribution in [2.75, 3.05) is 19.7 Å². The molecule has 0 aliphatic carbocycles. The third-order valence-corrected chi connectivity index (χ3v) is 3.37. The molecule has 1 heterocycles. The minimum atomic E-state index is -0.311. The second-order valence-electron chi connectivity index (χ2n) is 5.46. The van der Waals surface area contributed by atoms with Gasteiger partial charge in [-0.3, -0.25) is 14.6 Å². The van der Waals surface area contributed by atoms with Gasteiger partial charge in [0, 0.05) is 31.9 Å². The lowest BCUT2D eigenvalue weighted by Crippen LogP contribution is -2.35. The number of ether oxygens (including phenoxy) is 1. The molecule has 0 bridgehead atoms. The highest BCUT2D eigenvalue weighted by atomic mass is 16.5. The van der Waals surface area contributed by atoms with Gasteiger partial charge in [0.25, 0.3) is 5.91 Å². The maximum atomic E-state index is 11.7. The van der Waals surface area contributed by atoms with Crippen molar-refractivity contribution in [3.8, 4) is 5.75 Å². The molecular weight excluding hydrogens is 320 g/mol. The summed E-state index contributed by atoms with van der Waals surface area (Å²) in [7, 11) is 0. The Balaban J connectivity index is 1.52. The van der Waals surface area contributed by atoms with Crippen molar-refractivity contribution in [1.29, 1.82) is 0 Å². The quantitative estimate of drug-likeness (QED) is 0.674. The van der Waals surface area contributed by atoms with Gasteiger partial charge in [-0.05, 0) is 25.5 Å². The second-order valence-corrected chi connectivity index (χ2v) is 5.46. The van der Waals surface area contributed by atoms with Gasteiger partial charge in [-0.1, -0.05) is 17.7 Å². The average molecular weight is 342 g/mol. The molecule has 0 aliphatic heterocycles. The van der Waals surface area contributed by atoms with Crippen LogP contribution >= 0.6 is 0 Å². The summed E-state index contributed by atoms with van der Waals surface area (Å²) >= 11 is 0. The standard InChI is InChI=1S/C18H22N4O3/c1-14-4-6-15(7-5-14)25-12-2-3-17(23)21-10-11-22-18(24)16-13-19-8-9-20-16/h4-9,13H,2-3,10-12H2,1H3,(H,21,23)(H,22,24). The second kappa shape index (κ2) is 10.0. The molecular formula is C18H22N4O3. The van der Waals surface area contributed by atoms with Gasteiger partial charge in [0.05, 0.1) is 12.8 Å². The van der Waals surface area contributed by atoms with Gasteiger partial charge in [-0.15, -0.1) is 0 Å². The van der Waals surface area contributed by atoms with E-state index in [9.17, 15) is 9.59 Å². The molecule has 2 rings (SSSR count). The Bertz CT molecular complexity index is 674. The summed E-state index contributed by atoms with van der Waals surface area (Å²) in [4.78, 5) is 31.1. The Morgan fingerprint density at radius 2 is 1.84 bits per heavy atom. The maximum Gasteiger partial charge on any atom is 0.271 e. The molecule has 2 amide bonds. The molecule has 7 heteroatoms. The van der Waals surface area contributed by atoms with Crippen LogP contribution in [0.2, 0.25) is 0 Å². The van der Waals surface area contributed by atoms with Crippen LogP contribution in [-0.2, 0) is 4.79 Å². The summed E-state index contributed by atoms with van der Waals surface area (Å²) in [6.45, 7) is 3.20. The molecule has 7 nitrogen and oxygen atoms in total. The monoisotopic (exact) mass is 342 g/mol. The number of aryl methyl sites for hydroxylation is 1. The number of hydrogen-bond donors (Lipinski definition) is 2. The Morgan fingerprint density at radius 3 is 2.56 bits per heavy atom. The van der Waals surface area contributed by atoms with Crippen LogP contribution in [0.1, 0.15) is 28.9 Å². The van der Waals surface area contributed by atoms with E-state index < -0.39 is 0 Å². The number of hydrogen-bond acceptors (Lipinski definition) is 5. The number of amides is 2. The summed E-state index contributed by atoms with van der Waals surface area (Å²) < 4.78 is 5.57. The fraction of sp³-hybridized carbons (Fsp3) is 0.333. The van der Waals surface area contributed by atoms with Crippen LogP contribution in [-0.4, -0.2) is 41.5 Å². The van der Waals surface area contributed by atoms with E-state index >= 15 is 0 Å². The Morgan fingerprint density at radius 1 is 1.08 bits per heavy atom. The summed E-state index contributed by atoms with van der Waals surface area (Å²) in [5.41, 5.74) is 1.43. The first-order valence-electron chi connectivity index (χ1n) is 8.15. The fourth-order valence-corrected chi connectivity index (χ4v) is 2.03. The highest BCUT2D eigenvalue weighted by molar-refractivity contribution is 5.91. The highest BCUT2D eigenvalue weighted by Gasteiger charge is 2.06. The van der Waals surface area contributed by atoms with E-state index in [1.165, 1.54) is 24.2 Å². The van der Waals surface area contributed by atoms with Gasteiger partial charge in [0.1, 0.15) is 11.4 Å². The lowest BCUT2D eigenvalue weighted by Gasteiger charge is -2.08. The number of nitrogens with one attached hydrogen (secondary N) is 2. The number of nitrogens with zero attached hydrogens (tertiary/aromatic N) is 2. The fourth-order valence-electron chi connectivity index (χ4n) is 2.03. The molecule has 0 spiro atoms. The number of benzene rings is 1. The first-order valence-corrected chi connectivity index (χ1v) is 8.15. The molecule has 0 aliphatic rings. The van der Waals surface area contributed by atoms with Gasteiger partial charge >= 0.3 is 0 Å². The zero-order valence-electron chi connectivity index (χ0n) is 14.2. The molecule has 1 aromatic carbocycles. The highest BCUT2D eigenvalue weighted by Crippen LogP contribution is 2.11. The molecule has 0 unspecified atom stereocenters. The zero-order chi connectivity index (χ0) is 17.9. The van der Waals surface area contributed by atoms with E-state index in [1.54, 1.807) is 0 Å². The van der Waals surface area contributed by atoms with Crippen molar-refractivity contribution in [2.45, 2.75) is 19.8 Å². The summed E-state index contributed by atoms with van der Waals surface area (Å²) in [6, 6.07) is 7.79. The number of carbonyl (C=O) groups is 2. The van der Waals surface area contributed by atoms with Crippen molar-refractivity contribution in [3.05, 3.63) is 54.1 Å². The van der Waals surface area contributed by atoms with Crippen molar-refractivity contribution in [2.24, 2.45) is 0 Å². The Hall–Kier alpha value is -2.96. The van der Waals surface area contributed by atoms with Crippen molar-refractivity contribution >= 4 is 11.8 Å². The molecule has 0 fully saturated rings. The third kappa shape index (κ3) is 6.99. The topological polar surface area (TPSA) is 93.2 Å². The van der Waals surface area contributed by atoms with Gasteiger partial charge in [0.15, 0.2) is 0 Å². The van der Waals surface area contributed by atoms with E-state index in [1.807, 2.05) is 31.2 Å². The molecule has 0 atom stereocenters. The average Bonchev–Trinajstić information content (AvgIpc) is 2.64. The number of rotatable bonds is 9. The molecule has 0 saturated heterocycles. The molecule has 0 radical (unpaired) electrons. The van der Waals surface area contributed by atoms with Crippen LogP contribution in [0, 0.1) is 6.92 Å². The van der Waals surface area contributed by atoms with Crippen LogP contribution in [0.15, 0.2) is 42.9 Å². The minimum absolute atomic E-state index is 0.0683. The first-order chi connectivity index (χ1) is 12.1. The molecule has 0 saturated carbocycles. The molecule has 132 valence electrons. The maximum absolute atomic E-state index is 11.7. The Kier molecular flexibility index (Phi) is 7.37. The summed E-state index contributed by atoms with van der Waals surface area (Å²) in [6.07, 6.45) is 5.35. The van der Waals surface area contributed by atoms with Gasteiger partial charge < -0.3 is 15.4 Å². The van der Waals surface area contributed by atoms with Gasteiger partial charge in [-0.2, -0.15) is 0 Å². The minimum Gasteiger partial charge on any atom is -0.494 e. The lowest BCUT2D eigenvalue weighted by molar-refractivity contribution is -0.121. The lowest BCUT2D eigenvalue weighted by atomic mass is 10.2. The number of carbonyl (C=O) groups excluding carboxylic acids is 2. The van der Waals surface area contributed by atoms with E-state index in [0.717, 1.165) is 5.75 Å². The van der Waals surface area contributed by atoms with Crippen LogP contribution in [0.25, 0.3) is 0 Å². The van der Waals surface area contributed by atoms with E-state index in [-0.39, 0.29) is 17.5 Å². The molecule has 2 aromatic rings. The van der Waals surface area contributed by atoms with Crippen molar-refractivity contribution in [3.63, 3.8) is 0 Å². The van der Waals surface area contributed by atoms with Gasteiger partial charge in [-0.25, -0.2) is 4.98 Å². The van der Waals surface area contributed by atoms with Crippen molar-refractivity contribution in [1.82, 2.24) is 20.6 Å². The van der Waals surface area contributed by atoms with Gasteiger partial charge in [0.2, 0.25) is 5.91 Å². The molecule has 25 heavy (non-hydrogen) atoms. The van der Waals surface area contributed by atoms with Crippen LogP contribution < -0.4 is 15.4 Å². The van der Waals surface area contributed by atoms with Crippen LogP contribution in [0.4, 0.5) is 0 Å². The van der Waals surface area contributed by atoms with Crippen LogP contribution in [0.5, 0.6) is 5.75 Å². The zero-order valence-corrected chi connectivity index (χ0v) is 14.2.